The van der Waals surface area contributed by atoms with Crippen molar-refractivity contribution in [1.82, 2.24) is 0 Å². The molecular formula is C14H18O5S. The van der Waals surface area contributed by atoms with E-state index in [2.05, 4.69) is 0 Å². The summed E-state index contributed by atoms with van der Waals surface area (Å²) in [5.74, 6) is -0.430. The van der Waals surface area contributed by atoms with Gasteiger partial charge in [-0.2, -0.15) is 0 Å². The monoisotopic (exact) mass is 298 g/mol. The number of aliphatic carboxylic acids is 1. The van der Waals surface area contributed by atoms with E-state index in [9.17, 15) is 13.2 Å². The summed E-state index contributed by atoms with van der Waals surface area (Å²) < 4.78 is 29.3. The molecule has 110 valence electrons. The molecule has 20 heavy (non-hydrogen) atoms. The van der Waals surface area contributed by atoms with Gasteiger partial charge in [0.05, 0.1) is 17.9 Å². The van der Waals surface area contributed by atoms with Crippen LogP contribution in [-0.2, 0) is 14.6 Å². The molecule has 1 aromatic rings. The highest BCUT2D eigenvalue weighted by molar-refractivity contribution is 7.91. The highest BCUT2D eigenvalue weighted by Gasteiger charge is 2.47. The molecule has 0 aromatic heterocycles. The van der Waals surface area contributed by atoms with Crippen molar-refractivity contribution in [2.45, 2.75) is 19.3 Å². The highest BCUT2D eigenvalue weighted by atomic mass is 32.2. The minimum absolute atomic E-state index is 0.0511. The van der Waals surface area contributed by atoms with Gasteiger partial charge in [-0.3, -0.25) is 4.79 Å². The van der Waals surface area contributed by atoms with E-state index < -0.39 is 21.2 Å². The molecule has 0 heterocycles. The van der Waals surface area contributed by atoms with Crippen molar-refractivity contribution >= 4 is 15.8 Å². The van der Waals surface area contributed by atoms with Gasteiger partial charge in [0.15, 0.2) is 9.84 Å². The zero-order valence-corrected chi connectivity index (χ0v) is 11.9. The lowest BCUT2D eigenvalue weighted by Crippen LogP contribution is -2.25. The number of hydrogen-bond donors (Lipinski definition) is 1. The molecule has 1 aromatic carbocycles. The van der Waals surface area contributed by atoms with Gasteiger partial charge in [0, 0.05) is 0 Å². The maximum absolute atomic E-state index is 12.0. The molecule has 1 aliphatic rings. The van der Waals surface area contributed by atoms with Gasteiger partial charge >= 0.3 is 5.97 Å². The maximum Gasteiger partial charge on any atom is 0.303 e. The Labute approximate surface area is 118 Å². The number of para-hydroxylation sites is 1. The molecule has 5 nitrogen and oxygen atoms in total. The van der Waals surface area contributed by atoms with Crippen LogP contribution >= 0.6 is 0 Å². The Hall–Kier alpha value is -1.56. The third-order valence-electron chi connectivity index (χ3n) is 3.42. The molecule has 6 heteroatoms. The number of carbonyl (C=O) groups is 1. The smallest absolute Gasteiger partial charge is 0.303 e. The van der Waals surface area contributed by atoms with Gasteiger partial charge in [0.1, 0.15) is 12.4 Å². The van der Waals surface area contributed by atoms with Gasteiger partial charge in [0.25, 0.3) is 0 Å². The van der Waals surface area contributed by atoms with Crippen LogP contribution < -0.4 is 4.74 Å². The van der Waals surface area contributed by atoms with Crippen LogP contribution in [0.2, 0.25) is 0 Å². The van der Waals surface area contributed by atoms with E-state index in [1.165, 1.54) is 0 Å². The summed E-state index contributed by atoms with van der Waals surface area (Å²) in [6, 6.07) is 9.01. The number of sulfone groups is 1. The first-order valence-electron chi connectivity index (χ1n) is 6.51. The van der Waals surface area contributed by atoms with E-state index in [4.69, 9.17) is 9.84 Å². The Bertz CT molecular complexity index is 560. The van der Waals surface area contributed by atoms with E-state index in [-0.39, 0.29) is 24.5 Å². The molecule has 2 rings (SSSR count). The van der Waals surface area contributed by atoms with Gasteiger partial charge in [-0.25, -0.2) is 8.42 Å². The Balaban J connectivity index is 1.81. The summed E-state index contributed by atoms with van der Waals surface area (Å²) in [4.78, 5) is 10.7. The first-order chi connectivity index (χ1) is 9.41. The van der Waals surface area contributed by atoms with Crippen molar-refractivity contribution in [3.63, 3.8) is 0 Å². The fourth-order valence-electron chi connectivity index (χ4n) is 2.21. The number of carboxylic acids is 1. The van der Waals surface area contributed by atoms with Crippen LogP contribution in [0.3, 0.4) is 0 Å². The summed E-state index contributed by atoms with van der Waals surface area (Å²) >= 11 is 0. The van der Waals surface area contributed by atoms with Crippen LogP contribution in [0.5, 0.6) is 5.75 Å². The predicted molar refractivity (Wildman–Crippen MR) is 74.5 cm³/mol. The summed E-state index contributed by atoms with van der Waals surface area (Å²) in [7, 11) is -3.28. The van der Waals surface area contributed by atoms with Gasteiger partial charge in [-0.05, 0) is 30.4 Å². The van der Waals surface area contributed by atoms with Gasteiger partial charge in [-0.1, -0.05) is 18.2 Å². The van der Waals surface area contributed by atoms with E-state index in [0.717, 1.165) is 0 Å². The van der Waals surface area contributed by atoms with Crippen LogP contribution in [0.4, 0.5) is 0 Å². The molecule has 0 saturated heterocycles. The van der Waals surface area contributed by atoms with Crippen molar-refractivity contribution < 1.29 is 23.1 Å². The third-order valence-corrected chi connectivity index (χ3v) is 5.26. The minimum atomic E-state index is -3.28. The second-order valence-electron chi connectivity index (χ2n) is 5.32. The van der Waals surface area contributed by atoms with Crippen molar-refractivity contribution in [1.29, 1.82) is 0 Å². The number of hydrogen-bond acceptors (Lipinski definition) is 4. The number of ether oxygens (including phenoxy) is 1. The maximum atomic E-state index is 12.0. The zero-order chi connectivity index (χ0) is 14.6. The molecule has 1 N–H and O–H groups in total. The van der Waals surface area contributed by atoms with Gasteiger partial charge in [-0.15, -0.1) is 0 Å². The Morgan fingerprint density at radius 3 is 2.45 bits per heavy atom. The van der Waals surface area contributed by atoms with Gasteiger partial charge in [0.2, 0.25) is 0 Å². The van der Waals surface area contributed by atoms with E-state index >= 15 is 0 Å². The molecular weight excluding hydrogens is 280 g/mol. The topological polar surface area (TPSA) is 80.7 Å². The average Bonchev–Trinajstić information content (AvgIpc) is 3.07. The molecule has 1 saturated carbocycles. The normalized spacial score (nSPS) is 16.6. The second kappa shape index (κ2) is 5.83. The molecule has 0 radical (unpaired) electrons. The predicted octanol–water partition coefficient (Wildman–Crippen LogP) is 1.74. The first-order valence-corrected chi connectivity index (χ1v) is 8.33. The summed E-state index contributed by atoms with van der Waals surface area (Å²) in [6.07, 6.45) is 1.29. The summed E-state index contributed by atoms with van der Waals surface area (Å²) in [5.41, 5.74) is -0.530. The Kier molecular flexibility index (Phi) is 4.32. The SMILES string of the molecule is O=C(O)CC1(CS(=O)(=O)CCOc2ccccc2)CC1. The number of benzene rings is 1. The molecule has 0 amide bonds. The zero-order valence-electron chi connectivity index (χ0n) is 11.1. The molecule has 0 atom stereocenters. The molecule has 0 unspecified atom stereocenters. The van der Waals surface area contributed by atoms with Crippen LogP contribution in [0.15, 0.2) is 30.3 Å². The lowest BCUT2D eigenvalue weighted by molar-refractivity contribution is -0.138. The standard InChI is InChI=1S/C14H18O5S/c15-13(16)10-14(6-7-14)11-20(17,18)9-8-19-12-4-2-1-3-5-12/h1-5H,6-11H2,(H,15,16). The first kappa shape index (κ1) is 14.8. The van der Waals surface area contributed by atoms with E-state index in [0.29, 0.717) is 18.6 Å². The number of rotatable bonds is 8. The van der Waals surface area contributed by atoms with E-state index in [1.54, 1.807) is 12.1 Å². The summed E-state index contributed by atoms with van der Waals surface area (Å²) in [6.45, 7) is 0.0928. The fraction of sp³-hybridized carbons (Fsp3) is 0.500. The Morgan fingerprint density at radius 1 is 1.25 bits per heavy atom. The molecule has 0 bridgehead atoms. The van der Waals surface area contributed by atoms with Crippen molar-refractivity contribution in [2.24, 2.45) is 5.41 Å². The number of carboxylic acid groups (broad SMARTS) is 1. The molecule has 0 spiro atoms. The third kappa shape index (κ3) is 4.52. The quantitative estimate of drug-likeness (QED) is 0.790. The molecule has 1 fully saturated rings. The molecule has 1 aliphatic carbocycles. The lowest BCUT2D eigenvalue weighted by Gasteiger charge is -2.13. The van der Waals surface area contributed by atoms with Crippen LogP contribution in [-0.4, -0.2) is 37.6 Å². The van der Waals surface area contributed by atoms with Crippen LogP contribution in [0.1, 0.15) is 19.3 Å². The van der Waals surface area contributed by atoms with Crippen molar-refractivity contribution in [2.75, 3.05) is 18.1 Å². The van der Waals surface area contributed by atoms with Crippen LogP contribution in [0.25, 0.3) is 0 Å². The minimum Gasteiger partial charge on any atom is -0.493 e. The summed E-state index contributed by atoms with van der Waals surface area (Å²) in [5, 5.41) is 8.79. The van der Waals surface area contributed by atoms with Crippen LogP contribution in [0, 0.1) is 5.41 Å². The van der Waals surface area contributed by atoms with Gasteiger partial charge < -0.3 is 9.84 Å². The fourth-order valence-corrected chi connectivity index (χ4v) is 4.02. The average molecular weight is 298 g/mol. The van der Waals surface area contributed by atoms with Crippen molar-refractivity contribution in [3.05, 3.63) is 30.3 Å². The van der Waals surface area contributed by atoms with Crippen molar-refractivity contribution in [3.8, 4) is 5.75 Å². The van der Waals surface area contributed by atoms with E-state index in [1.807, 2.05) is 18.2 Å². The molecule has 0 aliphatic heterocycles. The largest absolute Gasteiger partial charge is 0.493 e. The second-order valence-corrected chi connectivity index (χ2v) is 7.51. The highest BCUT2D eigenvalue weighted by Crippen LogP contribution is 2.49. The Morgan fingerprint density at radius 2 is 1.90 bits per heavy atom. The lowest BCUT2D eigenvalue weighted by atomic mass is 10.1.